The molecule has 1 aliphatic carbocycles. The first kappa shape index (κ1) is 8.23. The SMILES string of the molecule is CC1=C(O)[C@H](O)C[C@@H](O)C1=O. The standard InChI is InChI=1S/C7H10O4/c1-3-6(10)4(8)2-5(9)7(3)11/h4-5,8-10H,2H2,1H3/t4-,5-/m1/s1. The molecule has 0 spiro atoms. The van der Waals surface area contributed by atoms with Crippen molar-refractivity contribution in [2.75, 3.05) is 0 Å². The Balaban J connectivity index is 2.98. The lowest BCUT2D eigenvalue weighted by Gasteiger charge is -2.21. The predicted octanol–water partition coefficient (Wildman–Crippen LogP) is -0.487. The van der Waals surface area contributed by atoms with Gasteiger partial charge in [-0.1, -0.05) is 0 Å². The van der Waals surface area contributed by atoms with Gasteiger partial charge < -0.3 is 15.3 Å². The summed E-state index contributed by atoms with van der Waals surface area (Å²) in [5.74, 6) is -0.826. The Hall–Kier alpha value is -0.870. The van der Waals surface area contributed by atoms with Crippen LogP contribution in [0, 0.1) is 0 Å². The lowest BCUT2D eigenvalue weighted by Crippen LogP contribution is -2.34. The Morgan fingerprint density at radius 2 is 1.91 bits per heavy atom. The van der Waals surface area contributed by atoms with Gasteiger partial charge in [0.2, 0.25) is 0 Å². The normalized spacial score (nSPS) is 32.8. The Morgan fingerprint density at radius 1 is 1.36 bits per heavy atom. The first-order valence-corrected chi connectivity index (χ1v) is 3.34. The average Bonchev–Trinajstić information content (AvgIpc) is 1.97. The van der Waals surface area contributed by atoms with Crippen molar-refractivity contribution in [3.05, 3.63) is 11.3 Å². The van der Waals surface area contributed by atoms with Crippen LogP contribution in [0.15, 0.2) is 11.3 Å². The summed E-state index contributed by atoms with van der Waals surface area (Å²) in [5, 5.41) is 27.0. The molecule has 4 nitrogen and oxygen atoms in total. The second-order valence-corrected chi connectivity index (χ2v) is 2.64. The first-order valence-electron chi connectivity index (χ1n) is 3.34. The van der Waals surface area contributed by atoms with Crippen molar-refractivity contribution in [1.82, 2.24) is 0 Å². The fraction of sp³-hybridized carbons (Fsp3) is 0.571. The number of ketones is 1. The number of carbonyl (C=O) groups is 1. The first-order chi connectivity index (χ1) is 5.04. The average molecular weight is 158 g/mol. The summed E-state index contributed by atoms with van der Waals surface area (Å²) < 4.78 is 0. The zero-order valence-corrected chi connectivity index (χ0v) is 6.11. The van der Waals surface area contributed by atoms with E-state index < -0.39 is 18.0 Å². The highest BCUT2D eigenvalue weighted by Gasteiger charge is 2.31. The second kappa shape index (κ2) is 2.64. The fourth-order valence-corrected chi connectivity index (χ4v) is 1.06. The molecule has 0 bridgehead atoms. The molecular weight excluding hydrogens is 148 g/mol. The van der Waals surface area contributed by atoms with E-state index in [-0.39, 0.29) is 17.8 Å². The third kappa shape index (κ3) is 1.27. The molecule has 0 amide bonds. The van der Waals surface area contributed by atoms with Gasteiger partial charge in [-0.3, -0.25) is 4.79 Å². The molecule has 0 saturated heterocycles. The van der Waals surface area contributed by atoms with Crippen molar-refractivity contribution >= 4 is 5.78 Å². The number of rotatable bonds is 0. The van der Waals surface area contributed by atoms with E-state index in [0.717, 1.165) is 0 Å². The molecule has 3 N–H and O–H groups in total. The topological polar surface area (TPSA) is 77.8 Å². The van der Waals surface area contributed by atoms with Gasteiger partial charge >= 0.3 is 0 Å². The van der Waals surface area contributed by atoms with Gasteiger partial charge in [0.25, 0.3) is 0 Å². The maximum absolute atomic E-state index is 10.9. The highest BCUT2D eigenvalue weighted by atomic mass is 16.3. The molecule has 0 saturated carbocycles. The minimum absolute atomic E-state index is 0.0521. The largest absolute Gasteiger partial charge is 0.509 e. The smallest absolute Gasteiger partial charge is 0.190 e. The Kier molecular flexibility index (Phi) is 1.97. The van der Waals surface area contributed by atoms with Crippen LogP contribution in [0.25, 0.3) is 0 Å². The number of hydrogen-bond donors (Lipinski definition) is 3. The molecule has 0 radical (unpaired) electrons. The fourth-order valence-electron chi connectivity index (χ4n) is 1.06. The summed E-state index contributed by atoms with van der Waals surface area (Å²) in [6, 6.07) is 0. The van der Waals surface area contributed by atoms with Crippen molar-refractivity contribution in [1.29, 1.82) is 0 Å². The van der Waals surface area contributed by atoms with Crippen LogP contribution in [0.3, 0.4) is 0 Å². The molecule has 0 heterocycles. The summed E-state index contributed by atoms with van der Waals surface area (Å²) in [5.41, 5.74) is 0.0521. The van der Waals surface area contributed by atoms with Gasteiger partial charge in [0, 0.05) is 12.0 Å². The van der Waals surface area contributed by atoms with E-state index in [4.69, 9.17) is 15.3 Å². The van der Waals surface area contributed by atoms with E-state index in [1.165, 1.54) is 6.92 Å². The van der Waals surface area contributed by atoms with Crippen molar-refractivity contribution < 1.29 is 20.1 Å². The van der Waals surface area contributed by atoms with Crippen molar-refractivity contribution in [2.24, 2.45) is 0 Å². The molecule has 0 unspecified atom stereocenters. The lowest BCUT2D eigenvalue weighted by molar-refractivity contribution is -0.126. The van der Waals surface area contributed by atoms with E-state index in [2.05, 4.69) is 0 Å². The molecule has 0 aromatic heterocycles. The van der Waals surface area contributed by atoms with Gasteiger partial charge in [-0.2, -0.15) is 0 Å². The van der Waals surface area contributed by atoms with E-state index in [1.54, 1.807) is 0 Å². The van der Waals surface area contributed by atoms with Crippen molar-refractivity contribution in [3.63, 3.8) is 0 Å². The van der Waals surface area contributed by atoms with Crippen LogP contribution < -0.4 is 0 Å². The van der Waals surface area contributed by atoms with Crippen molar-refractivity contribution in [2.45, 2.75) is 25.6 Å². The highest BCUT2D eigenvalue weighted by molar-refractivity contribution is 5.99. The van der Waals surface area contributed by atoms with Crippen molar-refractivity contribution in [3.8, 4) is 0 Å². The van der Waals surface area contributed by atoms with Crippen LogP contribution in [-0.4, -0.2) is 33.3 Å². The second-order valence-electron chi connectivity index (χ2n) is 2.64. The molecule has 0 aliphatic heterocycles. The molecule has 62 valence electrons. The maximum Gasteiger partial charge on any atom is 0.190 e. The Morgan fingerprint density at radius 3 is 2.45 bits per heavy atom. The number of Topliss-reactive ketones (excluding diaryl/α,β-unsaturated/α-hetero) is 1. The quantitative estimate of drug-likeness (QED) is 0.444. The maximum atomic E-state index is 10.9. The zero-order chi connectivity index (χ0) is 8.59. The zero-order valence-electron chi connectivity index (χ0n) is 6.11. The molecule has 2 atom stereocenters. The summed E-state index contributed by atoms with van der Waals surface area (Å²) in [7, 11) is 0. The van der Waals surface area contributed by atoms with Crippen LogP contribution in [-0.2, 0) is 4.79 Å². The third-order valence-corrected chi connectivity index (χ3v) is 1.82. The number of hydrogen-bond acceptors (Lipinski definition) is 4. The van der Waals surface area contributed by atoms with E-state index in [9.17, 15) is 4.79 Å². The Bertz CT molecular complexity index is 218. The van der Waals surface area contributed by atoms with Gasteiger partial charge in [-0.15, -0.1) is 0 Å². The molecule has 0 aromatic rings. The Labute approximate surface area is 63.8 Å². The summed E-state index contributed by atoms with van der Waals surface area (Å²) in [6.45, 7) is 1.38. The van der Waals surface area contributed by atoms with Gasteiger partial charge in [0.05, 0.1) is 0 Å². The number of aliphatic hydroxyl groups excluding tert-OH is 3. The van der Waals surface area contributed by atoms with Crippen LogP contribution >= 0.6 is 0 Å². The molecule has 11 heavy (non-hydrogen) atoms. The summed E-state index contributed by atoms with van der Waals surface area (Å²) >= 11 is 0. The van der Waals surface area contributed by atoms with Crippen LogP contribution in [0.1, 0.15) is 13.3 Å². The van der Waals surface area contributed by atoms with Gasteiger partial charge in [0.1, 0.15) is 18.0 Å². The molecule has 4 heteroatoms. The number of carbonyl (C=O) groups excluding carboxylic acids is 1. The minimum atomic E-state index is -1.17. The number of aliphatic hydroxyl groups is 3. The third-order valence-electron chi connectivity index (χ3n) is 1.82. The molecule has 0 aromatic carbocycles. The van der Waals surface area contributed by atoms with Crippen LogP contribution in [0.4, 0.5) is 0 Å². The molecule has 1 rings (SSSR count). The van der Waals surface area contributed by atoms with Gasteiger partial charge in [-0.05, 0) is 6.92 Å². The summed E-state index contributed by atoms with van der Waals surface area (Å²) in [6.07, 6.45) is -2.37. The predicted molar refractivity (Wildman–Crippen MR) is 37.0 cm³/mol. The monoisotopic (exact) mass is 158 g/mol. The highest BCUT2D eigenvalue weighted by Crippen LogP contribution is 2.20. The van der Waals surface area contributed by atoms with E-state index in [0.29, 0.717) is 0 Å². The van der Waals surface area contributed by atoms with Gasteiger partial charge in [-0.25, -0.2) is 0 Å². The molecular formula is C7H10O4. The van der Waals surface area contributed by atoms with Crippen LogP contribution in [0.2, 0.25) is 0 Å². The molecule has 0 fully saturated rings. The molecule has 1 aliphatic rings. The van der Waals surface area contributed by atoms with Gasteiger partial charge in [0.15, 0.2) is 5.78 Å². The van der Waals surface area contributed by atoms with E-state index in [1.807, 2.05) is 0 Å². The summed E-state index contributed by atoms with van der Waals surface area (Å²) in [4.78, 5) is 10.9. The van der Waals surface area contributed by atoms with Crippen LogP contribution in [0.5, 0.6) is 0 Å². The van der Waals surface area contributed by atoms with E-state index >= 15 is 0 Å². The minimum Gasteiger partial charge on any atom is -0.509 e. The lowest BCUT2D eigenvalue weighted by atomic mass is 9.93.